The maximum absolute atomic E-state index is 11.9. The maximum Gasteiger partial charge on any atom is 0.222 e. The SMILES string of the molecule is C=C(NC)c1ccc(C(C)CNc2cc(-c3cnc4c(cnn4CCN4CCCC4=O)c3)ncn2)c(OC)c1. The molecule has 10 heteroatoms. The van der Waals surface area contributed by atoms with Gasteiger partial charge in [-0.3, -0.25) is 4.79 Å². The Balaban J connectivity index is 1.26. The number of hydrogen-bond acceptors (Lipinski definition) is 8. The Labute approximate surface area is 228 Å². The second-order valence-electron chi connectivity index (χ2n) is 9.74. The number of carbonyl (C=O) groups excluding carboxylic acids is 1. The summed E-state index contributed by atoms with van der Waals surface area (Å²) in [5.74, 6) is 1.96. The van der Waals surface area contributed by atoms with Crippen LogP contribution in [0.15, 0.2) is 55.6 Å². The van der Waals surface area contributed by atoms with E-state index in [1.54, 1.807) is 13.4 Å². The summed E-state index contributed by atoms with van der Waals surface area (Å²) < 4.78 is 7.52. The molecule has 1 aliphatic rings. The van der Waals surface area contributed by atoms with Crippen LogP contribution in [0.4, 0.5) is 5.82 Å². The van der Waals surface area contributed by atoms with Crippen LogP contribution in [0.1, 0.15) is 36.8 Å². The van der Waals surface area contributed by atoms with E-state index < -0.39 is 0 Å². The van der Waals surface area contributed by atoms with Gasteiger partial charge < -0.3 is 20.3 Å². The van der Waals surface area contributed by atoms with Crippen LogP contribution in [0.3, 0.4) is 0 Å². The molecule has 1 atom stereocenters. The molecule has 4 aromatic rings. The number of rotatable bonds is 11. The Kier molecular flexibility index (Phi) is 7.72. The lowest BCUT2D eigenvalue weighted by Gasteiger charge is -2.18. The van der Waals surface area contributed by atoms with E-state index in [9.17, 15) is 4.79 Å². The molecule has 2 N–H and O–H groups in total. The highest BCUT2D eigenvalue weighted by Crippen LogP contribution is 2.30. The van der Waals surface area contributed by atoms with Crippen LogP contribution in [0.25, 0.3) is 28.0 Å². The Morgan fingerprint density at radius 3 is 2.79 bits per heavy atom. The van der Waals surface area contributed by atoms with Gasteiger partial charge in [0.2, 0.25) is 5.91 Å². The number of hydrogen-bond donors (Lipinski definition) is 2. The van der Waals surface area contributed by atoms with Gasteiger partial charge in [-0.2, -0.15) is 5.10 Å². The van der Waals surface area contributed by atoms with Crippen LogP contribution in [0.5, 0.6) is 5.75 Å². The third-order valence-corrected chi connectivity index (χ3v) is 7.20. The van der Waals surface area contributed by atoms with E-state index in [4.69, 9.17) is 4.74 Å². The first kappa shape index (κ1) is 26.1. The minimum atomic E-state index is 0.176. The molecule has 0 spiro atoms. The molecule has 1 saturated heterocycles. The van der Waals surface area contributed by atoms with Crippen LogP contribution >= 0.6 is 0 Å². The molecule has 1 aliphatic heterocycles. The third-order valence-electron chi connectivity index (χ3n) is 7.20. The molecular weight excluding hydrogens is 492 g/mol. The van der Waals surface area contributed by atoms with Crippen molar-refractivity contribution in [2.75, 3.05) is 39.1 Å². The summed E-state index contributed by atoms with van der Waals surface area (Å²) in [6.07, 6.45) is 6.75. The highest BCUT2D eigenvalue weighted by molar-refractivity contribution is 5.80. The van der Waals surface area contributed by atoms with Gasteiger partial charge in [-0.25, -0.2) is 19.6 Å². The number of fused-ring (bicyclic) bond motifs is 1. The third kappa shape index (κ3) is 5.69. The fraction of sp³-hybridized carbons (Fsp3) is 0.345. The minimum Gasteiger partial charge on any atom is -0.496 e. The second-order valence-corrected chi connectivity index (χ2v) is 9.74. The van der Waals surface area contributed by atoms with Crippen molar-refractivity contribution < 1.29 is 9.53 Å². The quantitative estimate of drug-likeness (QED) is 0.303. The number of likely N-dealkylation sites (tertiary alicyclic amines) is 1. The molecule has 4 heterocycles. The predicted molar refractivity (Wildman–Crippen MR) is 152 cm³/mol. The molecule has 1 fully saturated rings. The summed E-state index contributed by atoms with van der Waals surface area (Å²) in [7, 11) is 3.54. The van der Waals surface area contributed by atoms with Gasteiger partial charge in [-0.15, -0.1) is 0 Å². The molecule has 1 unspecified atom stereocenters. The van der Waals surface area contributed by atoms with Gasteiger partial charge in [-0.1, -0.05) is 25.6 Å². The van der Waals surface area contributed by atoms with E-state index in [-0.39, 0.29) is 11.8 Å². The topological polar surface area (TPSA) is 110 Å². The number of nitrogens with one attached hydrogen (secondary N) is 2. The Hall–Kier alpha value is -4.47. The Bertz CT molecular complexity index is 1500. The lowest BCUT2D eigenvalue weighted by Crippen LogP contribution is -2.28. The van der Waals surface area contributed by atoms with Crippen molar-refractivity contribution in [2.45, 2.75) is 32.2 Å². The molecule has 0 bridgehead atoms. The first-order valence-corrected chi connectivity index (χ1v) is 13.2. The average molecular weight is 527 g/mol. The van der Waals surface area contributed by atoms with Crippen LogP contribution in [0, 0.1) is 0 Å². The number of methoxy groups -OCH3 is 1. The Morgan fingerprint density at radius 2 is 2.03 bits per heavy atom. The first-order valence-electron chi connectivity index (χ1n) is 13.2. The summed E-state index contributed by atoms with van der Waals surface area (Å²) >= 11 is 0. The Morgan fingerprint density at radius 1 is 1.15 bits per heavy atom. The highest BCUT2D eigenvalue weighted by Gasteiger charge is 2.20. The fourth-order valence-electron chi connectivity index (χ4n) is 4.86. The van der Waals surface area contributed by atoms with Crippen molar-refractivity contribution in [2.24, 2.45) is 0 Å². The van der Waals surface area contributed by atoms with Gasteiger partial charge >= 0.3 is 0 Å². The zero-order valence-electron chi connectivity index (χ0n) is 22.6. The zero-order valence-corrected chi connectivity index (χ0v) is 22.6. The molecule has 202 valence electrons. The van der Waals surface area contributed by atoms with Crippen molar-refractivity contribution >= 4 is 28.5 Å². The normalized spacial score (nSPS) is 14.0. The molecule has 0 aliphatic carbocycles. The van der Waals surface area contributed by atoms with Crippen LogP contribution in [0.2, 0.25) is 0 Å². The number of aromatic nitrogens is 5. The number of anilines is 1. The van der Waals surface area contributed by atoms with Crippen molar-refractivity contribution in [3.8, 4) is 17.0 Å². The lowest BCUT2D eigenvalue weighted by atomic mass is 9.97. The molecule has 0 radical (unpaired) electrons. The van der Waals surface area contributed by atoms with Gasteiger partial charge in [0.25, 0.3) is 0 Å². The summed E-state index contributed by atoms with van der Waals surface area (Å²) in [6.45, 7) is 8.95. The largest absolute Gasteiger partial charge is 0.496 e. The van der Waals surface area contributed by atoms with Crippen molar-refractivity contribution in [3.05, 3.63) is 66.8 Å². The lowest BCUT2D eigenvalue weighted by molar-refractivity contribution is -0.127. The summed E-state index contributed by atoms with van der Waals surface area (Å²) in [6, 6.07) is 10.1. The molecular formula is C29H34N8O2. The summed E-state index contributed by atoms with van der Waals surface area (Å²) in [5, 5.41) is 11.9. The maximum atomic E-state index is 11.9. The summed E-state index contributed by atoms with van der Waals surface area (Å²) in [4.78, 5) is 27.3. The number of benzene rings is 1. The number of carbonyl (C=O) groups is 1. The van der Waals surface area contributed by atoms with Crippen molar-refractivity contribution in [1.29, 1.82) is 0 Å². The molecule has 1 aromatic carbocycles. The van der Waals surface area contributed by atoms with Crippen molar-refractivity contribution in [1.82, 2.24) is 34.9 Å². The predicted octanol–water partition coefficient (Wildman–Crippen LogP) is 3.93. The van der Waals surface area contributed by atoms with Gasteiger partial charge in [0.1, 0.15) is 17.9 Å². The zero-order chi connectivity index (χ0) is 27.4. The van der Waals surface area contributed by atoms with E-state index in [1.165, 1.54) is 0 Å². The van der Waals surface area contributed by atoms with E-state index >= 15 is 0 Å². The molecule has 39 heavy (non-hydrogen) atoms. The number of amides is 1. The summed E-state index contributed by atoms with van der Waals surface area (Å²) in [5.41, 5.74) is 5.40. The van der Waals surface area contributed by atoms with E-state index in [0.717, 1.165) is 63.6 Å². The number of ether oxygens (including phenoxy) is 1. The van der Waals surface area contributed by atoms with E-state index in [1.807, 2.05) is 53.3 Å². The molecule has 3 aromatic heterocycles. The molecule has 5 rings (SSSR count). The van der Waals surface area contributed by atoms with Crippen LogP contribution in [-0.2, 0) is 11.3 Å². The second kappa shape index (κ2) is 11.5. The molecule has 1 amide bonds. The smallest absolute Gasteiger partial charge is 0.222 e. The number of pyridine rings is 1. The average Bonchev–Trinajstić information content (AvgIpc) is 3.58. The van der Waals surface area contributed by atoms with E-state index in [0.29, 0.717) is 26.1 Å². The highest BCUT2D eigenvalue weighted by atomic mass is 16.5. The fourth-order valence-corrected chi connectivity index (χ4v) is 4.86. The molecule has 0 saturated carbocycles. The standard InChI is InChI=1S/C29H34N8O2/c1-19(24-8-7-21(20(2)30-3)13-26(24)39-4)15-31-27-14-25(33-18-34-27)22-12-23-17-35-37(29(23)32-16-22)11-10-36-9-5-6-28(36)38/h7-8,12-14,16-19,30H,2,5-6,9-11,15H2,1,3-4H3,(H,31,33,34). The van der Waals surface area contributed by atoms with Gasteiger partial charge in [-0.05, 0) is 24.1 Å². The van der Waals surface area contributed by atoms with Gasteiger partial charge in [0, 0.05) is 73.5 Å². The first-order chi connectivity index (χ1) is 19.0. The van der Waals surface area contributed by atoms with Crippen LogP contribution in [-0.4, -0.2) is 69.3 Å². The van der Waals surface area contributed by atoms with Gasteiger partial charge in [0.15, 0.2) is 5.65 Å². The van der Waals surface area contributed by atoms with Crippen LogP contribution < -0.4 is 15.4 Å². The monoisotopic (exact) mass is 526 g/mol. The molecule has 10 nitrogen and oxygen atoms in total. The van der Waals surface area contributed by atoms with E-state index in [2.05, 4.69) is 50.3 Å². The number of nitrogens with zero attached hydrogens (tertiary/aromatic N) is 6. The van der Waals surface area contributed by atoms with Gasteiger partial charge in [0.05, 0.1) is 25.5 Å². The minimum absolute atomic E-state index is 0.176. The van der Waals surface area contributed by atoms with Crippen molar-refractivity contribution in [3.63, 3.8) is 0 Å².